The number of nitrogens with zero attached hydrogens (tertiary/aromatic N) is 1. The molecule has 0 spiro atoms. The number of hydrogen-bond acceptors (Lipinski definition) is 7. The standard InChI is InChI=1S/C25H22BrNO6S/c1-4-11-33-22-17(26)12-15(13-18(22)31-3)14-19-21(28)20(25(30)32-5-2)24(34-19)27-23(29)16-9-7-6-8-10-16/h4,6-10,12-14,28H,1,5,11H2,2-3H3/b19-14-,27-24?. The summed E-state index contributed by atoms with van der Waals surface area (Å²) in [6.45, 7) is 5.70. The molecule has 2 aromatic carbocycles. The van der Waals surface area contributed by atoms with Gasteiger partial charge in [-0.1, -0.05) is 42.6 Å². The van der Waals surface area contributed by atoms with Gasteiger partial charge in [-0.2, -0.15) is 0 Å². The van der Waals surface area contributed by atoms with Crippen molar-refractivity contribution in [3.05, 3.63) is 87.0 Å². The first-order chi connectivity index (χ1) is 16.4. The van der Waals surface area contributed by atoms with Crippen molar-refractivity contribution in [2.24, 2.45) is 4.99 Å². The molecule has 176 valence electrons. The van der Waals surface area contributed by atoms with E-state index in [0.29, 0.717) is 38.6 Å². The van der Waals surface area contributed by atoms with Gasteiger partial charge in [-0.05, 0) is 58.8 Å². The second kappa shape index (κ2) is 11.7. The third kappa shape index (κ3) is 5.78. The maximum Gasteiger partial charge on any atom is 0.344 e. The summed E-state index contributed by atoms with van der Waals surface area (Å²) < 4.78 is 16.8. The minimum absolute atomic E-state index is 0.0630. The lowest BCUT2D eigenvalue weighted by molar-refractivity contribution is -0.138. The zero-order valence-corrected chi connectivity index (χ0v) is 20.9. The van der Waals surface area contributed by atoms with Crippen molar-refractivity contribution >= 4 is 50.7 Å². The molecule has 1 amide bonds. The topological polar surface area (TPSA) is 94.4 Å². The fourth-order valence-electron chi connectivity index (χ4n) is 2.99. The van der Waals surface area contributed by atoms with Gasteiger partial charge in [0, 0.05) is 5.56 Å². The summed E-state index contributed by atoms with van der Waals surface area (Å²) in [5, 5.41) is 10.9. The van der Waals surface area contributed by atoms with Crippen molar-refractivity contribution in [1.29, 1.82) is 0 Å². The van der Waals surface area contributed by atoms with Crippen LogP contribution in [0.25, 0.3) is 6.08 Å². The Morgan fingerprint density at radius 1 is 1.24 bits per heavy atom. The number of rotatable bonds is 8. The van der Waals surface area contributed by atoms with E-state index in [9.17, 15) is 14.7 Å². The zero-order chi connectivity index (χ0) is 24.7. The zero-order valence-electron chi connectivity index (χ0n) is 18.5. The highest BCUT2D eigenvalue weighted by Gasteiger charge is 2.34. The van der Waals surface area contributed by atoms with E-state index < -0.39 is 11.9 Å². The first-order valence-corrected chi connectivity index (χ1v) is 11.8. The predicted octanol–water partition coefficient (Wildman–Crippen LogP) is 5.72. The second-order valence-corrected chi connectivity index (χ2v) is 8.66. The molecule has 0 fully saturated rings. The SMILES string of the molecule is C=CCOc1c(Br)cc(/C=C2\SC(=NC(=O)c3ccccc3)C(C(=O)OCC)=C2O)cc1OC. The number of benzene rings is 2. The van der Waals surface area contributed by atoms with E-state index >= 15 is 0 Å². The third-order valence-electron chi connectivity index (χ3n) is 4.49. The molecule has 0 unspecified atom stereocenters. The number of hydrogen-bond donors (Lipinski definition) is 1. The molecule has 0 saturated heterocycles. The molecular formula is C25H22BrNO6S. The number of halogens is 1. The Morgan fingerprint density at radius 2 is 1.97 bits per heavy atom. The van der Waals surface area contributed by atoms with Gasteiger partial charge in [0.05, 0.1) is 23.1 Å². The summed E-state index contributed by atoms with van der Waals surface area (Å²) >= 11 is 4.47. The number of aliphatic hydroxyl groups excluding tert-OH is 1. The summed E-state index contributed by atoms with van der Waals surface area (Å²) in [6.07, 6.45) is 3.27. The van der Waals surface area contributed by atoms with E-state index in [0.717, 1.165) is 11.8 Å². The summed E-state index contributed by atoms with van der Waals surface area (Å²) in [4.78, 5) is 29.6. The average Bonchev–Trinajstić information content (AvgIpc) is 3.13. The molecule has 0 aliphatic carbocycles. The molecule has 2 aromatic rings. The monoisotopic (exact) mass is 543 g/mol. The van der Waals surface area contributed by atoms with E-state index in [1.54, 1.807) is 61.5 Å². The number of carbonyl (C=O) groups excluding carboxylic acids is 2. The molecule has 9 heteroatoms. The van der Waals surface area contributed by atoms with Gasteiger partial charge in [-0.3, -0.25) is 4.79 Å². The Bertz CT molecular complexity index is 1200. The lowest BCUT2D eigenvalue weighted by Crippen LogP contribution is -2.14. The summed E-state index contributed by atoms with van der Waals surface area (Å²) in [5.41, 5.74) is 0.862. The lowest BCUT2D eigenvalue weighted by atomic mass is 10.1. The molecule has 0 saturated carbocycles. The first kappa shape index (κ1) is 25.3. The van der Waals surface area contributed by atoms with Gasteiger partial charge in [-0.25, -0.2) is 9.79 Å². The van der Waals surface area contributed by atoms with Crippen LogP contribution in [0.4, 0.5) is 0 Å². The van der Waals surface area contributed by atoms with Gasteiger partial charge in [0.15, 0.2) is 11.5 Å². The van der Waals surface area contributed by atoms with Crippen LogP contribution in [0, 0.1) is 0 Å². The number of aliphatic hydroxyl groups is 1. The molecule has 7 nitrogen and oxygen atoms in total. The molecule has 1 N–H and O–H groups in total. The van der Waals surface area contributed by atoms with Gasteiger partial charge in [0.1, 0.15) is 23.0 Å². The average molecular weight is 544 g/mol. The van der Waals surface area contributed by atoms with Crippen molar-refractivity contribution in [1.82, 2.24) is 0 Å². The van der Waals surface area contributed by atoms with Crippen molar-refractivity contribution in [3.63, 3.8) is 0 Å². The van der Waals surface area contributed by atoms with Crippen LogP contribution in [0.15, 0.2) is 80.8 Å². The third-order valence-corrected chi connectivity index (χ3v) is 6.10. The molecule has 1 heterocycles. The molecule has 0 atom stereocenters. The number of thioether (sulfide) groups is 1. The van der Waals surface area contributed by atoms with E-state index in [-0.39, 0.29) is 23.0 Å². The van der Waals surface area contributed by atoms with Crippen LogP contribution in [-0.2, 0) is 9.53 Å². The largest absolute Gasteiger partial charge is 0.506 e. The highest BCUT2D eigenvalue weighted by molar-refractivity contribution is 9.10. The van der Waals surface area contributed by atoms with Crippen molar-refractivity contribution in [2.45, 2.75) is 6.92 Å². The van der Waals surface area contributed by atoms with Crippen molar-refractivity contribution in [3.8, 4) is 11.5 Å². The van der Waals surface area contributed by atoms with Crippen LogP contribution in [0.1, 0.15) is 22.8 Å². The van der Waals surface area contributed by atoms with E-state index in [1.165, 1.54) is 7.11 Å². The Kier molecular flexibility index (Phi) is 8.72. The Hall–Kier alpha value is -3.30. The summed E-state index contributed by atoms with van der Waals surface area (Å²) in [6, 6.07) is 12.0. The van der Waals surface area contributed by atoms with Crippen LogP contribution < -0.4 is 9.47 Å². The summed E-state index contributed by atoms with van der Waals surface area (Å²) in [7, 11) is 1.51. The Labute approximate surface area is 210 Å². The molecule has 0 aromatic heterocycles. The molecule has 0 bridgehead atoms. The normalized spacial score (nSPS) is 15.5. The van der Waals surface area contributed by atoms with Crippen LogP contribution in [-0.4, -0.2) is 42.4 Å². The number of carbonyl (C=O) groups is 2. The van der Waals surface area contributed by atoms with Gasteiger partial charge in [0.25, 0.3) is 5.91 Å². The Morgan fingerprint density at radius 3 is 2.62 bits per heavy atom. The number of methoxy groups -OCH3 is 1. The Balaban J connectivity index is 2.03. The molecule has 1 aliphatic heterocycles. The second-order valence-electron chi connectivity index (χ2n) is 6.78. The number of ether oxygens (including phenoxy) is 3. The first-order valence-electron chi connectivity index (χ1n) is 10.2. The van der Waals surface area contributed by atoms with Gasteiger partial charge >= 0.3 is 5.97 Å². The fraction of sp³-hybridized carbons (Fsp3) is 0.160. The minimum Gasteiger partial charge on any atom is -0.506 e. The molecule has 0 radical (unpaired) electrons. The van der Waals surface area contributed by atoms with Gasteiger partial charge in [-0.15, -0.1) is 0 Å². The van der Waals surface area contributed by atoms with E-state index in [4.69, 9.17) is 14.2 Å². The highest BCUT2D eigenvalue weighted by Crippen LogP contribution is 2.42. The fourth-order valence-corrected chi connectivity index (χ4v) is 4.57. The van der Waals surface area contributed by atoms with E-state index in [1.807, 2.05) is 0 Å². The van der Waals surface area contributed by atoms with Crippen LogP contribution in [0.5, 0.6) is 11.5 Å². The van der Waals surface area contributed by atoms with E-state index in [2.05, 4.69) is 27.5 Å². The van der Waals surface area contributed by atoms with Gasteiger partial charge < -0.3 is 19.3 Å². The van der Waals surface area contributed by atoms with Crippen molar-refractivity contribution < 1.29 is 28.9 Å². The number of aliphatic imine (C=N–C) groups is 1. The minimum atomic E-state index is -0.762. The van der Waals surface area contributed by atoms with Crippen LogP contribution in [0.3, 0.4) is 0 Å². The van der Waals surface area contributed by atoms with Crippen molar-refractivity contribution in [2.75, 3.05) is 20.3 Å². The quantitative estimate of drug-likeness (QED) is 0.335. The van der Waals surface area contributed by atoms with Crippen LogP contribution in [0.2, 0.25) is 0 Å². The van der Waals surface area contributed by atoms with Gasteiger partial charge in [0.2, 0.25) is 0 Å². The number of amides is 1. The molecule has 1 aliphatic rings. The maximum atomic E-state index is 12.6. The number of esters is 1. The molecule has 34 heavy (non-hydrogen) atoms. The lowest BCUT2D eigenvalue weighted by Gasteiger charge is -2.12. The highest BCUT2D eigenvalue weighted by atomic mass is 79.9. The molecular weight excluding hydrogens is 522 g/mol. The summed E-state index contributed by atoms with van der Waals surface area (Å²) in [5.74, 6) is -0.640. The smallest absolute Gasteiger partial charge is 0.344 e. The molecule has 3 rings (SSSR count). The predicted molar refractivity (Wildman–Crippen MR) is 136 cm³/mol. The van der Waals surface area contributed by atoms with Crippen LogP contribution >= 0.6 is 27.7 Å². The maximum absolute atomic E-state index is 12.6.